The first kappa shape index (κ1) is 11.6. The van der Waals surface area contributed by atoms with Gasteiger partial charge in [-0.15, -0.1) is 11.3 Å². The maximum Gasteiger partial charge on any atom is 0.251 e. The number of hydrogen-bond acceptors (Lipinski definition) is 3. The van der Waals surface area contributed by atoms with Crippen LogP contribution in [-0.2, 0) is 6.42 Å². The third kappa shape index (κ3) is 3.29. The van der Waals surface area contributed by atoms with Crippen LogP contribution in [-0.4, -0.2) is 12.5 Å². The Morgan fingerprint density at radius 2 is 2.12 bits per heavy atom. The Morgan fingerprint density at radius 1 is 1.35 bits per heavy atom. The number of carbonyl (C=O) groups excluding carboxylic acids is 1. The van der Waals surface area contributed by atoms with Crippen molar-refractivity contribution in [2.45, 2.75) is 6.42 Å². The summed E-state index contributed by atoms with van der Waals surface area (Å²) in [4.78, 5) is 12.9. The van der Waals surface area contributed by atoms with Crippen LogP contribution >= 0.6 is 11.3 Å². The minimum Gasteiger partial charge on any atom is -0.619 e. The van der Waals surface area contributed by atoms with Crippen molar-refractivity contribution in [2.75, 3.05) is 6.54 Å². The molecule has 0 unspecified atom stereocenters. The van der Waals surface area contributed by atoms with Crippen LogP contribution in [0.4, 0.5) is 0 Å². The first-order chi connectivity index (χ1) is 8.25. The van der Waals surface area contributed by atoms with E-state index in [4.69, 9.17) is 0 Å². The molecule has 17 heavy (non-hydrogen) atoms. The number of thiophene rings is 1. The van der Waals surface area contributed by atoms with E-state index in [9.17, 15) is 10.0 Å². The summed E-state index contributed by atoms with van der Waals surface area (Å²) < 4.78 is 0.655. The van der Waals surface area contributed by atoms with Gasteiger partial charge in [0.1, 0.15) is 0 Å². The number of hydrogen-bond donors (Lipinski definition) is 1. The molecule has 0 radical (unpaired) electrons. The van der Waals surface area contributed by atoms with Crippen molar-refractivity contribution in [3.63, 3.8) is 0 Å². The van der Waals surface area contributed by atoms with E-state index in [1.807, 2.05) is 17.5 Å². The topological polar surface area (TPSA) is 56.0 Å². The molecular weight excluding hydrogens is 236 g/mol. The summed E-state index contributed by atoms with van der Waals surface area (Å²) in [6.07, 6.45) is 3.46. The molecule has 1 N–H and O–H groups in total. The summed E-state index contributed by atoms with van der Waals surface area (Å²) in [7, 11) is 0. The molecule has 0 aliphatic carbocycles. The lowest BCUT2D eigenvalue weighted by Crippen LogP contribution is -2.28. The number of nitrogens with zero attached hydrogens (tertiary/aromatic N) is 1. The molecule has 0 aliphatic heterocycles. The van der Waals surface area contributed by atoms with Gasteiger partial charge in [0.05, 0.1) is 5.56 Å². The van der Waals surface area contributed by atoms with E-state index in [-0.39, 0.29) is 5.91 Å². The monoisotopic (exact) mass is 248 g/mol. The van der Waals surface area contributed by atoms with Gasteiger partial charge in [-0.05, 0) is 17.9 Å². The maximum absolute atomic E-state index is 11.7. The first-order valence-corrected chi connectivity index (χ1v) is 6.13. The third-order valence-electron chi connectivity index (χ3n) is 2.30. The van der Waals surface area contributed by atoms with Gasteiger partial charge in [0.2, 0.25) is 0 Å². The van der Waals surface area contributed by atoms with E-state index in [1.54, 1.807) is 11.3 Å². The van der Waals surface area contributed by atoms with Crippen molar-refractivity contribution in [3.8, 4) is 0 Å². The molecule has 0 aromatic carbocycles. The van der Waals surface area contributed by atoms with Crippen molar-refractivity contribution in [3.05, 3.63) is 57.7 Å². The molecule has 2 aromatic heterocycles. The lowest BCUT2D eigenvalue weighted by atomic mass is 10.2. The van der Waals surface area contributed by atoms with Crippen molar-refractivity contribution in [1.82, 2.24) is 5.32 Å². The maximum atomic E-state index is 11.7. The van der Waals surface area contributed by atoms with Gasteiger partial charge in [-0.2, -0.15) is 4.73 Å². The number of nitrogens with one attached hydrogen (secondary N) is 1. The molecule has 5 heteroatoms. The fourth-order valence-corrected chi connectivity index (χ4v) is 2.13. The van der Waals surface area contributed by atoms with E-state index in [0.717, 1.165) is 6.42 Å². The average molecular weight is 248 g/mol. The SMILES string of the molecule is O=C(NCCc1cccs1)c1cc[n+]([O-])cc1. The highest BCUT2D eigenvalue weighted by Gasteiger charge is 2.05. The largest absolute Gasteiger partial charge is 0.619 e. The minimum absolute atomic E-state index is 0.151. The Balaban J connectivity index is 1.83. The van der Waals surface area contributed by atoms with Gasteiger partial charge < -0.3 is 10.5 Å². The number of rotatable bonds is 4. The second-order valence-electron chi connectivity index (χ2n) is 3.53. The van der Waals surface area contributed by atoms with Crippen LogP contribution in [0, 0.1) is 5.21 Å². The molecule has 2 aromatic rings. The molecule has 0 aliphatic rings. The Bertz CT molecular complexity index is 480. The highest BCUT2D eigenvalue weighted by atomic mass is 32.1. The van der Waals surface area contributed by atoms with E-state index in [0.29, 0.717) is 16.8 Å². The van der Waals surface area contributed by atoms with Gasteiger partial charge in [-0.3, -0.25) is 4.79 Å². The molecule has 2 heterocycles. The Morgan fingerprint density at radius 3 is 2.76 bits per heavy atom. The number of pyridine rings is 1. The van der Waals surface area contributed by atoms with Gasteiger partial charge in [-0.25, -0.2) is 0 Å². The van der Waals surface area contributed by atoms with Crippen LogP contribution in [0.2, 0.25) is 0 Å². The Hall–Kier alpha value is -1.88. The van der Waals surface area contributed by atoms with Gasteiger partial charge >= 0.3 is 0 Å². The zero-order valence-corrected chi connectivity index (χ0v) is 9.94. The Labute approximate surface area is 103 Å². The highest BCUT2D eigenvalue weighted by Crippen LogP contribution is 2.08. The Kier molecular flexibility index (Phi) is 3.72. The normalized spacial score (nSPS) is 10.1. The molecule has 0 spiro atoms. The number of amides is 1. The molecule has 4 nitrogen and oxygen atoms in total. The summed E-state index contributed by atoms with van der Waals surface area (Å²) >= 11 is 1.68. The van der Waals surface area contributed by atoms with Crippen LogP contribution in [0.15, 0.2) is 42.0 Å². The van der Waals surface area contributed by atoms with E-state index < -0.39 is 0 Å². The second kappa shape index (κ2) is 5.45. The quantitative estimate of drug-likeness (QED) is 0.656. The fraction of sp³-hybridized carbons (Fsp3) is 0.167. The van der Waals surface area contributed by atoms with Crippen LogP contribution in [0.5, 0.6) is 0 Å². The number of aromatic nitrogens is 1. The van der Waals surface area contributed by atoms with Crippen LogP contribution in [0.25, 0.3) is 0 Å². The smallest absolute Gasteiger partial charge is 0.251 e. The third-order valence-corrected chi connectivity index (χ3v) is 3.24. The van der Waals surface area contributed by atoms with Crippen LogP contribution < -0.4 is 10.0 Å². The zero-order valence-electron chi connectivity index (χ0n) is 9.13. The van der Waals surface area contributed by atoms with Crippen molar-refractivity contribution in [2.24, 2.45) is 0 Å². The van der Waals surface area contributed by atoms with Gasteiger partial charge in [0.15, 0.2) is 12.4 Å². The summed E-state index contributed by atoms with van der Waals surface area (Å²) in [6, 6.07) is 7.05. The lowest BCUT2D eigenvalue weighted by Gasteiger charge is -2.03. The van der Waals surface area contributed by atoms with Crippen molar-refractivity contribution >= 4 is 17.2 Å². The summed E-state index contributed by atoms with van der Waals surface area (Å²) in [5.41, 5.74) is 0.503. The number of carbonyl (C=O) groups is 1. The molecule has 0 atom stereocenters. The van der Waals surface area contributed by atoms with E-state index in [2.05, 4.69) is 5.32 Å². The van der Waals surface area contributed by atoms with Crippen LogP contribution in [0.1, 0.15) is 15.2 Å². The first-order valence-electron chi connectivity index (χ1n) is 5.25. The zero-order chi connectivity index (χ0) is 12.1. The molecule has 0 saturated heterocycles. The highest BCUT2D eigenvalue weighted by molar-refractivity contribution is 7.09. The molecule has 88 valence electrons. The lowest BCUT2D eigenvalue weighted by molar-refractivity contribution is -0.605. The molecule has 1 amide bonds. The molecule has 0 saturated carbocycles. The summed E-state index contributed by atoms with van der Waals surface area (Å²) in [5.74, 6) is -0.151. The van der Waals surface area contributed by atoms with Crippen LogP contribution in [0.3, 0.4) is 0 Å². The van der Waals surface area contributed by atoms with Gasteiger partial charge in [-0.1, -0.05) is 6.07 Å². The van der Waals surface area contributed by atoms with Gasteiger partial charge in [0.25, 0.3) is 5.91 Å². The summed E-state index contributed by atoms with van der Waals surface area (Å²) in [6.45, 7) is 0.603. The van der Waals surface area contributed by atoms with Crippen molar-refractivity contribution in [1.29, 1.82) is 0 Å². The average Bonchev–Trinajstić information content (AvgIpc) is 2.83. The predicted molar refractivity (Wildman–Crippen MR) is 65.8 cm³/mol. The molecular formula is C12H12N2O2S. The molecule has 0 bridgehead atoms. The summed E-state index contributed by atoms with van der Waals surface area (Å²) in [5, 5.41) is 15.6. The van der Waals surface area contributed by atoms with E-state index >= 15 is 0 Å². The predicted octanol–water partition coefficient (Wildman–Crippen LogP) is 1.35. The standard InChI is InChI=1S/C12H12N2O2S/c15-12(10-4-7-14(16)8-5-10)13-6-3-11-2-1-9-17-11/h1-2,4-5,7-9H,3,6H2,(H,13,15). The molecule has 2 rings (SSSR count). The minimum atomic E-state index is -0.151. The van der Waals surface area contributed by atoms with Crippen molar-refractivity contribution < 1.29 is 9.52 Å². The molecule has 0 fully saturated rings. The van der Waals surface area contributed by atoms with E-state index in [1.165, 1.54) is 29.4 Å². The second-order valence-corrected chi connectivity index (χ2v) is 4.56. The fourth-order valence-electron chi connectivity index (χ4n) is 1.42. The van der Waals surface area contributed by atoms with Gasteiger partial charge in [0, 0.05) is 23.6 Å².